The molecule has 0 aliphatic carbocycles. The number of hydrogen-bond donors (Lipinski definition) is 1. The van der Waals surface area contributed by atoms with Crippen LogP contribution in [0.15, 0.2) is 47.6 Å². The number of fused-ring (bicyclic) bond motifs is 2. The fourth-order valence-corrected chi connectivity index (χ4v) is 5.51. The Balaban J connectivity index is 1.89. The van der Waals surface area contributed by atoms with Gasteiger partial charge in [0.1, 0.15) is 16.6 Å². The van der Waals surface area contributed by atoms with Gasteiger partial charge in [-0.2, -0.15) is 5.10 Å². The molecule has 2 aliphatic rings. The van der Waals surface area contributed by atoms with Crippen LogP contribution in [0.3, 0.4) is 0 Å². The lowest BCUT2D eigenvalue weighted by atomic mass is 9.86. The number of amides is 1. The first-order valence-electron chi connectivity index (χ1n) is 8.93. The number of carbonyl (C=O) groups is 1. The van der Waals surface area contributed by atoms with Gasteiger partial charge >= 0.3 is 0 Å². The Hall–Kier alpha value is -2.09. The molecule has 1 amide bonds. The summed E-state index contributed by atoms with van der Waals surface area (Å²) in [6.07, 6.45) is 0.631. The third kappa shape index (κ3) is 2.98. The lowest BCUT2D eigenvalue weighted by molar-refractivity contribution is -0.134. The maximum Gasteiger partial charge on any atom is 0.241 e. The Morgan fingerprint density at radius 3 is 2.96 bits per heavy atom. The molecule has 2 N–H and O–H groups in total. The number of para-hydroxylation sites is 1. The predicted molar refractivity (Wildman–Crippen MR) is 109 cm³/mol. The molecule has 0 bridgehead atoms. The molecule has 8 heteroatoms. The van der Waals surface area contributed by atoms with Gasteiger partial charge in [0.15, 0.2) is 4.87 Å². The summed E-state index contributed by atoms with van der Waals surface area (Å²) in [4.78, 5) is 11.8. The van der Waals surface area contributed by atoms with E-state index in [9.17, 15) is 9.18 Å². The number of thioether (sulfide) groups is 1. The van der Waals surface area contributed by atoms with E-state index in [0.717, 1.165) is 5.56 Å². The third-order valence-electron chi connectivity index (χ3n) is 5.00. The molecule has 4 rings (SSSR count). The minimum absolute atomic E-state index is 0.107. The number of halogens is 2. The highest BCUT2D eigenvalue weighted by Gasteiger charge is 2.56. The summed E-state index contributed by atoms with van der Waals surface area (Å²) in [6, 6.07) is 11.9. The molecule has 2 aliphatic heterocycles. The highest BCUT2D eigenvalue weighted by Crippen LogP contribution is 2.57. The molecule has 0 saturated heterocycles. The molecule has 5 nitrogen and oxygen atoms in total. The average molecular weight is 420 g/mol. The Morgan fingerprint density at radius 2 is 2.21 bits per heavy atom. The first-order chi connectivity index (χ1) is 13.5. The second kappa shape index (κ2) is 7.39. The van der Waals surface area contributed by atoms with Gasteiger partial charge in [-0.1, -0.05) is 41.6 Å². The van der Waals surface area contributed by atoms with Gasteiger partial charge in [-0.05, 0) is 37.2 Å². The van der Waals surface area contributed by atoms with Crippen LogP contribution >= 0.6 is 23.4 Å². The summed E-state index contributed by atoms with van der Waals surface area (Å²) in [7, 11) is 0. The van der Waals surface area contributed by atoms with Crippen molar-refractivity contribution < 1.29 is 13.9 Å². The van der Waals surface area contributed by atoms with Crippen LogP contribution in [-0.4, -0.2) is 29.1 Å². The summed E-state index contributed by atoms with van der Waals surface area (Å²) in [5.74, 6) is -0.0853. The molecular weight excluding hydrogens is 401 g/mol. The molecule has 0 aromatic heterocycles. The van der Waals surface area contributed by atoms with E-state index in [1.165, 1.54) is 41.9 Å². The lowest BCUT2D eigenvalue weighted by Gasteiger charge is -2.45. The van der Waals surface area contributed by atoms with Crippen molar-refractivity contribution in [1.82, 2.24) is 5.01 Å². The topological polar surface area (TPSA) is 67.9 Å². The number of ether oxygens (including phenoxy) is 1. The molecule has 0 radical (unpaired) electrons. The van der Waals surface area contributed by atoms with Gasteiger partial charge in [-0.15, -0.1) is 0 Å². The molecule has 2 atom stereocenters. The van der Waals surface area contributed by atoms with Crippen molar-refractivity contribution in [3.8, 4) is 5.75 Å². The molecular formula is C20H19ClFN3O2S. The second-order valence-corrected chi connectivity index (χ2v) is 8.39. The first-order valence-corrected chi connectivity index (χ1v) is 10.1. The molecule has 28 heavy (non-hydrogen) atoms. The Bertz CT molecular complexity index is 970. The second-order valence-electron chi connectivity index (χ2n) is 6.74. The standard InChI is InChI=1S/C20H19ClFN3O2S/c1-12(26)25-20(28-19(24-25)15-10-14(21)6-7-17(15)22)13(8-9-23)11-27-18-5-3-2-4-16(18)20/h2-7,10,13H,8-9,11,23H2,1H3/t13-,20+/m1/s1. The minimum atomic E-state index is -0.843. The van der Waals surface area contributed by atoms with E-state index in [2.05, 4.69) is 5.10 Å². The fourth-order valence-electron chi connectivity index (χ4n) is 3.77. The van der Waals surface area contributed by atoms with Crippen molar-refractivity contribution in [2.24, 2.45) is 16.8 Å². The van der Waals surface area contributed by atoms with Crippen LogP contribution in [0, 0.1) is 11.7 Å². The average Bonchev–Trinajstić information content (AvgIpc) is 3.08. The van der Waals surface area contributed by atoms with E-state index in [1.54, 1.807) is 0 Å². The van der Waals surface area contributed by atoms with Gasteiger partial charge in [-0.25, -0.2) is 9.40 Å². The number of hydrogen-bond acceptors (Lipinski definition) is 5. The number of benzene rings is 2. The molecule has 0 fully saturated rings. The van der Waals surface area contributed by atoms with Gasteiger partial charge in [0.2, 0.25) is 5.91 Å². The van der Waals surface area contributed by atoms with Gasteiger partial charge < -0.3 is 10.5 Å². The summed E-state index contributed by atoms with van der Waals surface area (Å²) < 4.78 is 20.5. The monoisotopic (exact) mass is 419 g/mol. The lowest BCUT2D eigenvalue weighted by Crippen LogP contribution is -2.51. The van der Waals surface area contributed by atoms with Crippen LogP contribution in [0.4, 0.5) is 4.39 Å². The van der Waals surface area contributed by atoms with Gasteiger partial charge in [0, 0.05) is 29.0 Å². The normalized spacial score (nSPS) is 23.4. The summed E-state index contributed by atoms with van der Waals surface area (Å²) in [6.45, 7) is 2.29. The van der Waals surface area contributed by atoms with Crippen molar-refractivity contribution >= 4 is 34.3 Å². The Kier molecular flexibility index (Phi) is 5.07. The predicted octanol–water partition coefficient (Wildman–Crippen LogP) is 3.95. The Morgan fingerprint density at radius 1 is 1.43 bits per heavy atom. The zero-order valence-electron chi connectivity index (χ0n) is 15.2. The van der Waals surface area contributed by atoms with Gasteiger partial charge in [0.25, 0.3) is 0 Å². The smallest absolute Gasteiger partial charge is 0.241 e. The Labute approximate surface area is 171 Å². The van der Waals surface area contributed by atoms with Crippen molar-refractivity contribution in [2.45, 2.75) is 18.2 Å². The SMILES string of the molecule is CC(=O)N1N=C(c2cc(Cl)ccc2F)S[C@@]12c1ccccc1OC[C@H]2CCN. The van der Waals surface area contributed by atoms with E-state index < -0.39 is 10.7 Å². The molecule has 2 aromatic rings. The van der Waals surface area contributed by atoms with Gasteiger partial charge in [0.05, 0.1) is 6.61 Å². The van der Waals surface area contributed by atoms with E-state index in [4.69, 9.17) is 22.1 Å². The number of nitrogens with two attached hydrogens (primary N) is 1. The molecule has 2 heterocycles. The number of nitrogens with zero attached hydrogens (tertiary/aromatic N) is 2. The molecule has 0 unspecified atom stereocenters. The molecule has 1 spiro atoms. The number of rotatable bonds is 3. The van der Waals surface area contributed by atoms with Crippen LogP contribution in [0.2, 0.25) is 5.02 Å². The minimum Gasteiger partial charge on any atom is -0.493 e. The van der Waals surface area contributed by atoms with E-state index in [-0.39, 0.29) is 17.4 Å². The largest absolute Gasteiger partial charge is 0.493 e. The summed E-state index contributed by atoms with van der Waals surface area (Å²) in [5.41, 5.74) is 6.97. The van der Waals surface area contributed by atoms with Crippen LogP contribution in [0.25, 0.3) is 0 Å². The number of hydrazone groups is 1. The van der Waals surface area contributed by atoms with E-state index >= 15 is 0 Å². The highest BCUT2D eigenvalue weighted by molar-refractivity contribution is 8.15. The fraction of sp³-hybridized carbons (Fsp3) is 0.300. The van der Waals surface area contributed by atoms with Crippen molar-refractivity contribution in [2.75, 3.05) is 13.2 Å². The highest BCUT2D eigenvalue weighted by atomic mass is 35.5. The summed E-state index contributed by atoms with van der Waals surface area (Å²) in [5, 5.41) is 6.80. The maximum absolute atomic E-state index is 14.5. The molecule has 146 valence electrons. The van der Waals surface area contributed by atoms with Gasteiger partial charge in [-0.3, -0.25) is 4.79 Å². The van der Waals surface area contributed by atoms with E-state index in [1.807, 2.05) is 24.3 Å². The zero-order valence-corrected chi connectivity index (χ0v) is 16.8. The summed E-state index contributed by atoms with van der Waals surface area (Å²) >= 11 is 7.44. The van der Waals surface area contributed by atoms with Crippen LogP contribution < -0.4 is 10.5 Å². The van der Waals surface area contributed by atoms with Crippen LogP contribution in [0.1, 0.15) is 24.5 Å². The third-order valence-corrected chi connectivity index (χ3v) is 6.76. The van der Waals surface area contributed by atoms with Crippen molar-refractivity contribution in [1.29, 1.82) is 0 Å². The van der Waals surface area contributed by atoms with Crippen LogP contribution in [0.5, 0.6) is 5.75 Å². The van der Waals surface area contributed by atoms with Crippen LogP contribution in [-0.2, 0) is 9.67 Å². The molecule has 0 saturated carbocycles. The maximum atomic E-state index is 14.5. The number of carbonyl (C=O) groups excluding carboxylic acids is 1. The molecule has 2 aromatic carbocycles. The van der Waals surface area contributed by atoms with Crippen molar-refractivity contribution in [3.63, 3.8) is 0 Å². The van der Waals surface area contributed by atoms with E-state index in [0.29, 0.717) is 35.4 Å². The quantitative estimate of drug-likeness (QED) is 0.818. The zero-order chi connectivity index (χ0) is 19.9. The van der Waals surface area contributed by atoms with Crippen molar-refractivity contribution in [3.05, 3.63) is 64.4 Å². The first kappa shape index (κ1) is 19.2.